The predicted octanol–water partition coefficient (Wildman–Crippen LogP) is -0.305. The summed E-state index contributed by atoms with van der Waals surface area (Å²) in [7, 11) is 4.99. The Morgan fingerprint density at radius 2 is 2.10 bits per heavy atom. The fourth-order valence-corrected chi connectivity index (χ4v) is 1.69. The van der Waals surface area contributed by atoms with Crippen molar-refractivity contribution < 1.29 is 9.59 Å². The fourth-order valence-electron chi connectivity index (χ4n) is 1.69. The van der Waals surface area contributed by atoms with Crippen LogP contribution in [0.4, 0.5) is 0 Å². The fraction of sp³-hybridized carbons (Fsp3) is 0.308. The second-order valence-corrected chi connectivity index (χ2v) is 4.68. The van der Waals surface area contributed by atoms with E-state index in [0.717, 1.165) is 5.56 Å². The molecule has 0 unspecified atom stereocenters. The highest BCUT2D eigenvalue weighted by molar-refractivity contribution is 5.97. The second kappa shape index (κ2) is 6.12. The van der Waals surface area contributed by atoms with Gasteiger partial charge < -0.3 is 10.2 Å². The van der Waals surface area contributed by atoms with Crippen LogP contribution in [0.15, 0.2) is 24.3 Å². The number of tetrazole rings is 1. The number of likely N-dealkylation sites (N-methyl/N-ethyl adjacent to an activating group) is 1. The van der Waals surface area contributed by atoms with Crippen molar-refractivity contribution in [1.82, 2.24) is 30.4 Å². The molecular weight excluding hydrogens is 272 g/mol. The molecule has 2 aromatic rings. The quantitative estimate of drug-likeness (QED) is 0.833. The van der Waals surface area contributed by atoms with E-state index in [4.69, 9.17) is 0 Å². The molecule has 2 rings (SSSR count). The summed E-state index contributed by atoms with van der Waals surface area (Å²) in [4.78, 5) is 24.9. The standard InChI is InChI=1S/C13H16N6O2/c1-18(2)11(20)8-14-13(21)10-6-4-5-9(7-10)12-15-16-17-19(12)3/h4-7H,8H2,1-3H3,(H,14,21). The molecule has 0 aliphatic rings. The summed E-state index contributed by atoms with van der Waals surface area (Å²) in [5, 5.41) is 13.8. The van der Waals surface area contributed by atoms with E-state index in [1.165, 1.54) is 9.58 Å². The zero-order valence-corrected chi connectivity index (χ0v) is 12.1. The first-order valence-electron chi connectivity index (χ1n) is 6.30. The van der Waals surface area contributed by atoms with Crippen LogP contribution >= 0.6 is 0 Å². The van der Waals surface area contributed by atoms with Gasteiger partial charge in [0.2, 0.25) is 5.91 Å². The SMILES string of the molecule is CN(C)C(=O)CNC(=O)c1cccc(-c2nnnn2C)c1. The van der Waals surface area contributed by atoms with Gasteiger partial charge in [0, 0.05) is 32.3 Å². The molecule has 8 nitrogen and oxygen atoms in total. The number of aryl methyl sites for hydroxylation is 1. The van der Waals surface area contributed by atoms with Crippen LogP contribution in [0.5, 0.6) is 0 Å². The van der Waals surface area contributed by atoms with Crippen LogP contribution < -0.4 is 5.32 Å². The molecule has 0 atom stereocenters. The first-order chi connectivity index (χ1) is 9.99. The Bertz CT molecular complexity index is 664. The van der Waals surface area contributed by atoms with Gasteiger partial charge in [-0.2, -0.15) is 0 Å². The van der Waals surface area contributed by atoms with E-state index >= 15 is 0 Å². The largest absolute Gasteiger partial charge is 0.347 e. The molecule has 0 aliphatic heterocycles. The number of nitrogens with one attached hydrogen (secondary N) is 1. The number of nitrogens with zero attached hydrogens (tertiary/aromatic N) is 5. The van der Waals surface area contributed by atoms with Crippen molar-refractivity contribution in [3.8, 4) is 11.4 Å². The van der Waals surface area contributed by atoms with Crippen LogP contribution in [-0.4, -0.2) is 57.6 Å². The Labute approximate surface area is 121 Å². The lowest BCUT2D eigenvalue weighted by atomic mass is 10.1. The summed E-state index contributed by atoms with van der Waals surface area (Å²) in [5.41, 5.74) is 1.18. The topological polar surface area (TPSA) is 93.0 Å². The van der Waals surface area contributed by atoms with Gasteiger partial charge in [0.25, 0.3) is 5.91 Å². The molecule has 0 bridgehead atoms. The normalized spacial score (nSPS) is 10.2. The van der Waals surface area contributed by atoms with Gasteiger partial charge in [-0.25, -0.2) is 4.68 Å². The third-order valence-corrected chi connectivity index (χ3v) is 2.90. The molecule has 1 aromatic carbocycles. The van der Waals surface area contributed by atoms with Crippen molar-refractivity contribution in [3.63, 3.8) is 0 Å². The molecule has 110 valence electrons. The Morgan fingerprint density at radius 3 is 2.71 bits per heavy atom. The lowest BCUT2D eigenvalue weighted by Crippen LogP contribution is -2.36. The van der Waals surface area contributed by atoms with Gasteiger partial charge in [-0.1, -0.05) is 12.1 Å². The number of amides is 2. The second-order valence-electron chi connectivity index (χ2n) is 4.68. The van der Waals surface area contributed by atoms with Crippen LogP contribution in [0.2, 0.25) is 0 Å². The minimum atomic E-state index is -0.317. The lowest BCUT2D eigenvalue weighted by Gasteiger charge is -2.11. The zero-order chi connectivity index (χ0) is 15.4. The van der Waals surface area contributed by atoms with Crippen LogP contribution in [0.25, 0.3) is 11.4 Å². The van der Waals surface area contributed by atoms with Gasteiger partial charge in [-0.05, 0) is 22.6 Å². The van der Waals surface area contributed by atoms with Gasteiger partial charge >= 0.3 is 0 Å². The zero-order valence-electron chi connectivity index (χ0n) is 12.1. The van der Waals surface area contributed by atoms with E-state index in [-0.39, 0.29) is 18.4 Å². The molecule has 8 heteroatoms. The third kappa shape index (κ3) is 3.41. The molecule has 1 heterocycles. The molecule has 21 heavy (non-hydrogen) atoms. The van der Waals surface area contributed by atoms with Gasteiger partial charge in [-0.15, -0.1) is 5.10 Å². The summed E-state index contributed by atoms with van der Waals surface area (Å²) in [6.45, 7) is -0.0401. The average molecular weight is 288 g/mol. The number of hydrogen-bond acceptors (Lipinski definition) is 5. The van der Waals surface area contributed by atoms with Gasteiger partial charge in [0.1, 0.15) is 0 Å². The Hall–Kier alpha value is -2.77. The number of hydrogen-bond donors (Lipinski definition) is 1. The number of aromatic nitrogens is 4. The Kier molecular flexibility index (Phi) is 4.27. The minimum Gasteiger partial charge on any atom is -0.347 e. The van der Waals surface area contributed by atoms with Crippen molar-refractivity contribution in [2.24, 2.45) is 7.05 Å². The average Bonchev–Trinajstić information content (AvgIpc) is 2.90. The summed E-state index contributed by atoms with van der Waals surface area (Å²) in [6.07, 6.45) is 0. The lowest BCUT2D eigenvalue weighted by molar-refractivity contribution is -0.127. The number of carbonyl (C=O) groups excluding carboxylic acids is 2. The van der Waals surface area contributed by atoms with Crippen LogP contribution in [0, 0.1) is 0 Å². The first-order valence-corrected chi connectivity index (χ1v) is 6.30. The maximum Gasteiger partial charge on any atom is 0.251 e. The number of carbonyl (C=O) groups is 2. The van der Waals surface area contributed by atoms with E-state index < -0.39 is 0 Å². The van der Waals surface area contributed by atoms with E-state index in [1.54, 1.807) is 39.3 Å². The number of rotatable bonds is 4. The molecule has 1 N–H and O–H groups in total. The summed E-state index contributed by atoms with van der Waals surface area (Å²) >= 11 is 0. The molecular formula is C13H16N6O2. The van der Waals surface area contributed by atoms with Crippen molar-refractivity contribution in [2.45, 2.75) is 0 Å². The Balaban J connectivity index is 2.12. The van der Waals surface area contributed by atoms with Crippen molar-refractivity contribution in [3.05, 3.63) is 29.8 Å². The predicted molar refractivity (Wildman–Crippen MR) is 75.3 cm³/mol. The van der Waals surface area contributed by atoms with E-state index in [1.807, 2.05) is 6.07 Å². The highest BCUT2D eigenvalue weighted by Gasteiger charge is 2.12. The molecule has 0 saturated heterocycles. The smallest absolute Gasteiger partial charge is 0.251 e. The molecule has 0 radical (unpaired) electrons. The van der Waals surface area contributed by atoms with Gasteiger partial charge in [0.05, 0.1) is 6.54 Å². The maximum absolute atomic E-state index is 12.0. The maximum atomic E-state index is 12.0. The van der Waals surface area contributed by atoms with Crippen molar-refractivity contribution in [2.75, 3.05) is 20.6 Å². The molecule has 1 aromatic heterocycles. The summed E-state index contributed by atoms with van der Waals surface area (Å²) in [5.74, 6) is 0.0770. The molecule has 0 aliphatic carbocycles. The van der Waals surface area contributed by atoms with E-state index in [9.17, 15) is 9.59 Å². The van der Waals surface area contributed by atoms with E-state index in [2.05, 4.69) is 20.8 Å². The highest BCUT2D eigenvalue weighted by Crippen LogP contribution is 2.16. The summed E-state index contributed by atoms with van der Waals surface area (Å²) in [6, 6.07) is 6.91. The monoisotopic (exact) mass is 288 g/mol. The molecule has 2 amide bonds. The Morgan fingerprint density at radius 1 is 1.33 bits per heavy atom. The number of benzene rings is 1. The molecule has 0 saturated carbocycles. The van der Waals surface area contributed by atoms with Crippen LogP contribution in [0.3, 0.4) is 0 Å². The molecule has 0 fully saturated rings. The van der Waals surface area contributed by atoms with Gasteiger partial charge in [-0.3, -0.25) is 9.59 Å². The van der Waals surface area contributed by atoms with Gasteiger partial charge in [0.15, 0.2) is 5.82 Å². The minimum absolute atomic E-state index is 0.0401. The molecule has 0 spiro atoms. The van der Waals surface area contributed by atoms with E-state index in [0.29, 0.717) is 11.4 Å². The third-order valence-electron chi connectivity index (χ3n) is 2.90. The first kappa shape index (κ1) is 14.6. The van der Waals surface area contributed by atoms with Crippen LogP contribution in [-0.2, 0) is 11.8 Å². The summed E-state index contributed by atoms with van der Waals surface area (Å²) < 4.78 is 1.52. The highest BCUT2D eigenvalue weighted by atomic mass is 16.2. The van der Waals surface area contributed by atoms with Crippen molar-refractivity contribution in [1.29, 1.82) is 0 Å². The van der Waals surface area contributed by atoms with Crippen LogP contribution in [0.1, 0.15) is 10.4 Å². The van der Waals surface area contributed by atoms with Crippen molar-refractivity contribution >= 4 is 11.8 Å².